The summed E-state index contributed by atoms with van der Waals surface area (Å²) >= 11 is 0. The number of pyridine rings is 1. The number of fused-ring (bicyclic) bond motifs is 3. The zero-order valence-electron chi connectivity index (χ0n) is 14.6. The smallest absolute Gasteiger partial charge is 0.0993 e. The van der Waals surface area contributed by atoms with Gasteiger partial charge in [-0.25, -0.2) is 4.98 Å². The fourth-order valence-electron chi connectivity index (χ4n) is 3.89. The number of benzene rings is 3. The lowest BCUT2D eigenvalue weighted by atomic mass is 10.1. The summed E-state index contributed by atoms with van der Waals surface area (Å²) in [5, 5.41) is 1.22. The normalized spacial score (nSPS) is 15.1. The standard InChI is InChI=1S/C24H19NS/c1-18-16-17-22-21-14-8-9-15-23(21)26(24(22)25-18,19-10-4-2-5-11-19)20-12-6-3-7-13-20/h2-17H,1H3. The molecule has 2 heteroatoms. The zero-order chi connectivity index (χ0) is 17.6. The zero-order valence-corrected chi connectivity index (χ0v) is 15.4. The molecule has 0 spiro atoms. The maximum absolute atomic E-state index is 5.11. The van der Waals surface area contributed by atoms with Crippen molar-refractivity contribution in [3.05, 3.63) is 103 Å². The van der Waals surface area contributed by atoms with Gasteiger partial charge in [-0.2, -0.15) is 0 Å². The molecule has 0 saturated carbocycles. The summed E-state index contributed by atoms with van der Waals surface area (Å²) in [5.74, 6) is 0. The van der Waals surface area contributed by atoms with E-state index in [0.29, 0.717) is 0 Å². The Bertz CT molecular complexity index is 1050. The van der Waals surface area contributed by atoms with Crippen LogP contribution in [0, 0.1) is 6.92 Å². The van der Waals surface area contributed by atoms with Crippen molar-refractivity contribution in [1.29, 1.82) is 0 Å². The molecular formula is C24H19NS. The molecule has 0 N–H and O–H groups in total. The monoisotopic (exact) mass is 353 g/mol. The van der Waals surface area contributed by atoms with E-state index < -0.39 is 10.0 Å². The molecule has 0 saturated heterocycles. The highest BCUT2D eigenvalue weighted by atomic mass is 32.3. The van der Waals surface area contributed by atoms with Crippen LogP contribution in [0.15, 0.2) is 117 Å². The highest BCUT2D eigenvalue weighted by Crippen LogP contribution is 2.79. The molecule has 0 unspecified atom stereocenters. The largest absolute Gasteiger partial charge is 0.247 e. The molecule has 0 fully saturated rings. The summed E-state index contributed by atoms with van der Waals surface area (Å²) in [6.45, 7) is 2.09. The van der Waals surface area contributed by atoms with Gasteiger partial charge in [-0.05, 0) is 55.0 Å². The van der Waals surface area contributed by atoms with Gasteiger partial charge < -0.3 is 0 Å². The minimum atomic E-state index is -1.57. The molecule has 4 aromatic rings. The Balaban J connectivity index is 1.99. The minimum absolute atomic E-state index is 1.07. The van der Waals surface area contributed by atoms with Crippen LogP contribution in [-0.2, 0) is 0 Å². The molecule has 3 aromatic carbocycles. The molecule has 0 radical (unpaired) electrons. The van der Waals surface area contributed by atoms with Gasteiger partial charge in [0.05, 0.1) is 5.03 Å². The van der Waals surface area contributed by atoms with Crippen molar-refractivity contribution in [3.8, 4) is 11.1 Å². The van der Waals surface area contributed by atoms with Crippen molar-refractivity contribution in [2.75, 3.05) is 0 Å². The first-order valence-electron chi connectivity index (χ1n) is 8.82. The molecule has 0 bridgehead atoms. The SMILES string of the molecule is Cc1ccc2c(n1)S(c1ccccc1)(c1ccccc1)c1ccccc1-2. The Morgan fingerprint density at radius 1 is 0.577 bits per heavy atom. The van der Waals surface area contributed by atoms with Crippen LogP contribution < -0.4 is 0 Å². The van der Waals surface area contributed by atoms with Crippen LogP contribution in [0.5, 0.6) is 0 Å². The molecule has 0 atom stereocenters. The van der Waals surface area contributed by atoms with Crippen LogP contribution in [0.1, 0.15) is 5.69 Å². The van der Waals surface area contributed by atoms with Crippen molar-refractivity contribution in [2.24, 2.45) is 0 Å². The Kier molecular flexibility index (Phi) is 3.47. The highest BCUT2D eigenvalue weighted by Gasteiger charge is 2.43. The first-order chi connectivity index (χ1) is 12.8. The quantitative estimate of drug-likeness (QED) is 0.343. The molecule has 1 aliphatic rings. The molecule has 0 amide bonds. The molecule has 0 aliphatic carbocycles. The molecule has 5 rings (SSSR count). The van der Waals surface area contributed by atoms with E-state index in [9.17, 15) is 0 Å². The van der Waals surface area contributed by atoms with Gasteiger partial charge >= 0.3 is 0 Å². The predicted octanol–water partition coefficient (Wildman–Crippen LogP) is 6.71. The summed E-state index contributed by atoms with van der Waals surface area (Å²) in [7, 11) is -1.57. The van der Waals surface area contributed by atoms with Gasteiger partial charge in [-0.15, -0.1) is 10.0 Å². The molecule has 2 heterocycles. The van der Waals surface area contributed by atoms with Crippen molar-refractivity contribution in [1.82, 2.24) is 4.98 Å². The van der Waals surface area contributed by atoms with E-state index in [4.69, 9.17) is 4.98 Å². The summed E-state index contributed by atoms with van der Waals surface area (Å²) in [5.41, 5.74) is 3.66. The Morgan fingerprint density at radius 2 is 1.15 bits per heavy atom. The summed E-state index contributed by atoms with van der Waals surface area (Å²) in [6, 6.07) is 35.0. The number of hydrogen-bond acceptors (Lipinski definition) is 1. The first kappa shape index (κ1) is 15.4. The van der Waals surface area contributed by atoms with E-state index in [-0.39, 0.29) is 0 Å². The lowest BCUT2D eigenvalue weighted by molar-refractivity contribution is 1.06. The summed E-state index contributed by atoms with van der Waals surface area (Å²) in [6.07, 6.45) is 0. The van der Waals surface area contributed by atoms with Crippen LogP contribution in [0.4, 0.5) is 0 Å². The topological polar surface area (TPSA) is 12.9 Å². The number of rotatable bonds is 2. The number of nitrogens with zero attached hydrogens (tertiary/aromatic N) is 1. The third-order valence-electron chi connectivity index (χ3n) is 4.99. The molecule has 1 aromatic heterocycles. The van der Waals surface area contributed by atoms with Crippen LogP contribution in [0.2, 0.25) is 0 Å². The van der Waals surface area contributed by atoms with E-state index in [0.717, 1.165) is 5.69 Å². The lowest BCUT2D eigenvalue weighted by Gasteiger charge is -2.38. The fraction of sp³-hybridized carbons (Fsp3) is 0.0417. The predicted molar refractivity (Wildman–Crippen MR) is 108 cm³/mol. The van der Waals surface area contributed by atoms with Gasteiger partial charge in [-0.1, -0.05) is 54.6 Å². The van der Waals surface area contributed by atoms with Crippen molar-refractivity contribution in [2.45, 2.75) is 26.6 Å². The van der Waals surface area contributed by atoms with Gasteiger partial charge in [-0.3, -0.25) is 0 Å². The Labute approximate surface area is 155 Å². The van der Waals surface area contributed by atoms with Crippen LogP contribution in [0.3, 0.4) is 0 Å². The van der Waals surface area contributed by atoms with Crippen molar-refractivity contribution in [3.63, 3.8) is 0 Å². The van der Waals surface area contributed by atoms with E-state index in [1.165, 1.54) is 30.8 Å². The van der Waals surface area contributed by atoms with Crippen LogP contribution >= 0.6 is 10.0 Å². The molecule has 1 aliphatic heterocycles. The number of hydrogen-bond donors (Lipinski definition) is 0. The van der Waals surface area contributed by atoms with E-state index in [1.807, 2.05) is 0 Å². The number of aromatic nitrogens is 1. The van der Waals surface area contributed by atoms with Crippen LogP contribution in [0.25, 0.3) is 11.1 Å². The second-order valence-electron chi connectivity index (χ2n) is 6.54. The third kappa shape index (κ3) is 2.03. The second kappa shape index (κ2) is 5.86. The Hall–Kier alpha value is -2.84. The molecular weight excluding hydrogens is 334 g/mol. The number of aryl methyl sites for hydroxylation is 1. The van der Waals surface area contributed by atoms with Gasteiger partial charge in [0, 0.05) is 25.9 Å². The van der Waals surface area contributed by atoms with Gasteiger partial charge in [0.1, 0.15) is 0 Å². The third-order valence-corrected chi connectivity index (χ3v) is 8.86. The Morgan fingerprint density at radius 3 is 1.81 bits per heavy atom. The fourth-order valence-corrected chi connectivity index (χ4v) is 8.04. The average molecular weight is 353 g/mol. The van der Waals surface area contributed by atoms with Gasteiger partial charge in [0.2, 0.25) is 0 Å². The maximum Gasteiger partial charge on any atom is 0.0993 e. The van der Waals surface area contributed by atoms with Gasteiger partial charge in [0.25, 0.3) is 0 Å². The average Bonchev–Trinajstić information content (AvgIpc) is 3.00. The van der Waals surface area contributed by atoms with E-state index >= 15 is 0 Å². The van der Waals surface area contributed by atoms with Crippen molar-refractivity contribution >= 4 is 10.0 Å². The van der Waals surface area contributed by atoms with E-state index in [2.05, 4.69) is 104 Å². The molecule has 126 valence electrons. The van der Waals surface area contributed by atoms with Crippen LogP contribution in [-0.4, -0.2) is 4.98 Å². The molecule has 26 heavy (non-hydrogen) atoms. The van der Waals surface area contributed by atoms with Crippen molar-refractivity contribution < 1.29 is 0 Å². The summed E-state index contributed by atoms with van der Waals surface area (Å²) in [4.78, 5) is 9.19. The maximum atomic E-state index is 5.11. The van der Waals surface area contributed by atoms with E-state index in [1.54, 1.807) is 0 Å². The second-order valence-corrected chi connectivity index (χ2v) is 9.53. The molecule has 1 nitrogen and oxygen atoms in total. The minimum Gasteiger partial charge on any atom is -0.247 e. The highest BCUT2D eigenvalue weighted by molar-refractivity contribution is 8.34. The summed E-state index contributed by atoms with van der Waals surface area (Å²) < 4.78 is 0. The first-order valence-corrected chi connectivity index (χ1v) is 10.5. The van der Waals surface area contributed by atoms with Gasteiger partial charge in [0.15, 0.2) is 0 Å². The lowest BCUT2D eigenvalue weighted by Crippen LogP contribution is -2.03.